The van der Waals surface area contributed by atoms with Gasteiger partial charge in [-0.25, -0.2) is 0 Å². The van der Waals surface area contributed by atoms with Crippen molar-refractivity contribution in [2.24, 2.45) is 0 Å². The van der Waals surface area contributed by atoms with Gasteiger partial charge in [0.05, 0.1) is 4.92 Å². The highest BCUT2D eigenvalue weighted by Gasteiger charge is 2.17. The second-order valence-electron chi connectivity index (χ2n) is 2.71. The van der Waals surface area contributed by atoms with E-state index in [9.17, 15) is 10.1 Å². The Labute approximate surface area is 69.5 Å². The highest BCUT2D eigenvalue weighted by Crippen LogP contribution is 2.27. The number of allylic oxidation sites excluding steroid dienone is 1. The molecule has 0 N–H and O–H groups in total. The molecule has 0 spiro atoms. The van der Waals surface area contributed by atoms with Crippen LogP contribution in [0.15, 0.2) is 24.3 Å². The van der Waals surface area contributed by atoms with E-state index in [2.05, 4.69) is 0 Å². The first-order valence-electron chi connectivity index (χ1n) is 3.72. The van der Waals surface area contributed by atoms with Gasteiger partial charge in [-0.15, -0.1) is 0 Å². The molecule has 0 saturated carbocycles. The average Bonchev–Trinajstić information content (AvgIpc) is 2.49. The fourth-order valence-electron chi connectivity index (χ4n) is 1.45. The monoisotopic (exact) mass is 161 g/mol. The van der Waals surface area contributed by atoms with Gasteiger partial charge < -0.3 is 0 Å². The van der Waals surface area contributed by atoms with Gasteiger partial charge in [0.2, 0.25) is 0 Å². The molecule has 0 heterocycles. The van der Waals surface area contributed by atoms with E-state index in [1.165, 1.54) is 0 Å². The summed E-state index contributed by atoms with van der Waals surface area (Å²) in [7, 11) is 0. The number of benzene rings is 1. The average molecular weight is 161 g/mol. The van der Waals surface area contributed by atoms with E-state index in [1.807, 2.05) is 18.2 Å². The number of nitrogens with zero attached hydrogens (tertiary/aromatic N) is 1. The maximum atomic E-state index is 10.5. The van der Waals surface area contributed by atoms with Crippen LogP contribution in [0, 0.1) is 10.1 Å². The third-order valence-corrected chi connectivity index (χ3v) is 2.00. The van der Waals surface area contributed by atoms with Crippen molar-refractivity contribution >= 4 is 11.8 Å². The van der Waals surface area contributed by atoms with Crippen LogP contribution < -0.4 is 0 Å². The first-order valence-corrected chi connectivity index (χ1v) is 3.72. The van der Waals surface area contributed by atoms with E-state index in [1.54, 1.807) is 12.1 Å². The van der Waals surface area contributed by atoms with E-state index < -0.39 is 0 Å². The Balaban J connectivity index is 2.60. The van der Waals surface area contributed by atoms with Gasteiger partial charge in [-0.05, 0) is 12.0 Å². The lowest BCUT2D eigenvalue weighted by atomic mass is 10.1. The van der Waals surface area contributed by atoms with Crippen molar-refractivity contribution in [3.05, 3.63) is 45.5 Å². The standard InChI is InChI=1S/C9H7NO2/c11-10(12)9-6-2-4-7-3-1-5-8(7)9/h1-4,6H,5H2. The first kappa shape index (κ1) is 7.03. The highest BCUT2D eigenvalue weighted by atomic mass is 16.6. The molecule has 2 rings (SSSR count). The Morgan fingerprint density at radius 1 is 1.42 bits per heavy atom. The molecule has 3 heteroatoms. The molecule has 1 aromatic carbocycles. The predicted molar refractivity (Wildman–Crippen MR) is 45.8 cm³/mol. The zero-order valence-electron chi connectivity index (χ0n) is 6.36. The summed E-state index contributed by atoms with van der Waals surface area (Å²) in [4.78, 5) is 10.2. The lowest BCUT2D eigenvalue weighted by molar-refractivity contribution is -0.385. The number of hydrogen-bond donors (Lipinski definition) is 0. The van der Waals surface area contributed by atoms with Gasteiger partial charge in [0, 0.05) is 11.6 Å². The molecule has 0 amide bonds. The molecule has 60 valence electrons. The largest absolute Gasteiger partial charge is 0.273 e. The molecule has 0 fully saturated rings. The molecule has 0 aromatic heterocycles. The van der Waals surface area contributed by atoms with Gasteiger partial charge in [-0.2, -0.15) is 0 Å². The van der Waals surface area contributed by atoms with Crippen LogP contribution in [0.5, 0.6) is 0 Å². The number of nitro benzene ring substituents is 1. The van der Waals surface area contributed by atoms with Gasteiger partial charge in [-0.3, -0.25) is 10.1 Å². The highest BCUT2D eigenvalue weighted by molar-refractivity contribution is 5.65. The van der Waals surface area contributed by atoms with Crippen LogP contribution in [-0.4, -0.2) is 4.92 Å². The summed E-state index contributed by atoms with van der Waals surface area (Å²) in [6.45, 7) is 0. The Morgan fingerprint density at radius 3 is 3.00 bits per heavy atom. The van der Waals surface area contributed by atoms with Crippen molar-refractivity contribution in [3.8, 4) is 0 Å². The molecule has 0 atom stereocenters. The summed E-state index contributed by atoms with van der Waals surface area (Å²) < 4.78 is 0. The molecular formula is C9H7NO2. The summed E-state index contributed by atoms with van der Waals surface area (Å²) in [5.74, 6) is 0. The number of hydrogen-bond acceptors (Lipinski definition) is 2. The number of rotatable bonds is 1. The quantitative estimate of drug-likeness (QED) is 0.468. The lowest BCUT2D eigenvalue weighted by Crippen LogP contribution is -1.93. The Hall–Kier alpha value is -1.64. The zero-order valence-corrected chi connectivity index (χ0v) is 6.36. The molecule has 0 bridgehead atoms. The molecule has 0 radical (unpaired) electrons. The van der Waals surface area contributed by atoms with Crippen molar-refractivity contribution in [3.63, 3.8) is 0 Å². The Bertz CT molecular complexity index is 369. The minimum Gasteiger partial charge on any atom is -0.258 e. The maximum absolute atomic E-state index is 10.5. The molecule has 3 nitrogen and oxygen atoms in total. The van der Waals surface area contributed by atoms with Crippen molar-refractivity contribution in [1.82, 2.24) is 0 Å². The SMILES string of the molecule is O=[N+]([O-])c1cccc2c1CC=C2. The number of fused-ring (bicyclic) bond motifs is 1. The minimum absolute atomic E-state index is 0.234. The van der Waals surface area contributed by atoms with E-state index in [0.29, 0.717) is 6.42 Å². The summed E-state index contributed by atoms with van der Waals surface area (Å²) in [6.07, 6.45) is 4.55. The fourth-order valence-corrected chi connectivity index (χ4v) is 1.45. The van der Waals surface area contributed by atoms with Gasteiger partial charge in [0.15, 0.2) is 0 Å². The van der Waals surface area contributed by atoms with Crippen LogP contribution in [0.3, 0.4) is 0 Å². The summed E-state index contributed by atoms with van der Waals surface area (Å²) in [5.41, 5.74) is 2.05. The number of nitro groups is 1. The topological polar surface area (TPSA) is 43.1 Å². The Morgan fingerprint density at radius 2 is 2.25 bits per heavy atom. The van der Waals surface area contributed by atoms with Crippen molar-refractivity contribution in [2.75, 3.05) is 0 Å². The Kier molecular flexibility index (Phi) is 1.43. The molecular weight excluding hydrogens is 154 g/mol. The van der Waals surface area contributed by atoms with E-state index in [4.69, 9.17) is 0 Å². The first-order chi connectivity index (χ1) is 5.79. The maximum Gasteiger partial charge on any atom is 0.273 e. The molecule has 0 aliphatic heterocycles. The molecule has 0 unspecified atom stereocenters. The third-order valence-electron chi connectivity index (χ3n) is 2.00. The fraction of sp³-hybridized carbons (Fsp3) is 0.111. The molecule has 12 heavy (non-hydrogen) atoms. The van der Waals surface area contributed by atoms with Gasteiger partial charge >= 0.3 is 0 Å². The van der Waals surface area contributed by atoms with Crippen LogP contribution in [-0.2, 0) is 6.42 Å². The van der Waals surface area contributed by atoms with E-state index in [-0.39, 0.29) is 10.6 Å². The van der Waals surface area contributed by atoms with Crippen molar-refractivity contribution in [2.45, 2.75) is 6.42 Å². The predicted octanol–water partition coefficient (Wildman–Crippen LogP) is 2.16. The second kappa shape index (κ2) is 2.44. The van der Waals surface area contributed by atoms with E-state index >= 15 is 0 Å². The summed E-state index contributed by atoms with van der Waals surface area (Å²) >= 11 is 0. The van der Waals surface area contributed by atoms with Crippen LogP contribution in [0.2, 0.25) is 0 Å². The third kappa shape index (κ3) is 0.906. The summed E-state index contributed by atoms with van der Waals surface area (Å²) in [6, 6.07) is 5.16. The lowest BCUT2D eigenvalue weighted by Gasteiger charge is -1.98. The minimum atomic E-state index is -0.328. The molecule has 1 aliphatic rings. The zero-order chi connectivity index (χ0) is 8.55. The van der Waals surface area contributed by atoms with Gasteiger partial charge in [0.1, 0.15) is 0 Å². The van der Waals surface area contributed by atoms with E-state index in [0.717, 1.165) is 11.1 Å². The second-order valence-corrected chi connectivity index (χ2v) is 2.71. The van der Waals surface area contributed by atoms with Gasteiger partial charge in [-0.1, -0.05) is 24.3 Å². The van der Waals surface area contributed by atoms with Crippen molar-refractivity contribution < 1.29 is 4.92 Å². The van der Waals surface area contributed by atoms with Crippen LogP contribution in [0.25, 0.3) is 6.08 Å². The molecule has 1 aliphatic carbocycles. The summed E-state index contributed by atoms with van der Waals surface area (Å²) in [5, 5.41) is 10.5. The van der Waals surface area contributed by atoms with Crippen LogP contribution >= 0.6 is 0 Å². The van der Waals surface area contributed by atoms with Crippen LogP contribution in [0.4, 0.5) is 5.69 Å². The smallest absolute Gasteiger partial charge is 0.258 e. The molecule has 0 saturated heterocycles. The van der Waals surface area contributed by atoms with Crippen LogP contribution in [0.1, 0.15) is 11.1 Å². The molecule has 1 aromatic rings. The normalized spacial score (nSPS) is 13.0. The van der Waals surface area contributed by atoms with Gasteiger partial charge in [0.25, 0.3) is 5.69 Å². The van der Waals surface area contributed by atoms with Crippen molar-refractivity contribution in [1.29, 1.82) is 0 Å².